The maximum atomic E-state index is 5.59. The molecule has 1 aliphatic carbocycles. The summed E-state index contributed by atoms with van der Waals surface area (Å²) in [4.78, 5) is 4.62. The van der Waals surface area contributed by atoms with Gasteiger partial charge in [0.15, 0.2) is 5.89 Å². The van der Waals surface area contributed by atoms with Crippen LogP contribution < -0.4 is 5.32 Å². The summed E-state index contributed by atoms with van der Waals surface area (Å²) >= 11 is 0. The van der Waals surface area contributed by atoms with Gasteiger partial charge in [0, 0.05) is 5.92 Å². The second kappa shape index (κ2) is 3.97. The third kappa shape index (κ3) is 1.93. The van der Waals surface area contributed by atoms with Gasteiger partial charge in [-0.15, -0.1) is 0 Å². The van der Waals surface area contributed by atoms with Crippen LogP contribution in [0.4, 0.5) is 0 Å². The highest BCUT2D eigenvalue weighted by atomic mass is 16.3. The zero-order chi connectivity index (χ0) is 10.1. The molecule has 1 aliphatic heterocycles. The lowest BCUT2D eigenvalue weighted by atomic mass is 9.98. The molecule has 0 atom stereocenters. The molecule has 1 N–H and O–H groups in total. The summed E-state index contributed by atoms with van der Waals surface area (Å²) in [5.41, 5.74) is 1.16. The van der Waals surface area contributed by atoms with Crippen molar-refractivity contribution in [2.45, 2.75) is 38.0 Å². The van der Waals surface area contributed by atoms with Crippen LogP contribution in [-0.2, 0) is 6.42 Å². The Labute approximate surface area is 90.3 Å². The summed E-state index contributed by atoms with van der Waals surface area (Å²) in [7, 11) is 0. The summed E-state index contributed by atoms with van der Waals surface area (Å²) in [5.74, 6) is 2.39. The van der Waals surface area contributed by atoms with Crippen LogP contribution >= 0.6 is 0 Å². The molecule has 1 aromatic rings. The monoisotopic (exact) mass is 206 g/mol. The van der Waals surface area contributed by atoms with Crippen molar-refractivity contribution >= 4 is 0 Å². The van der Waals surface area contributed by atoms with Gasteiger partial charge in [-0.1, -0.05) is 12.8 Å². The number of nitrogens with zero attached hydrogens (tertiary/aromatic N) is 1. The number of hydrogen-bond donors (Lipinski definition) is 1. The Kier molecular flexibility index (Phi) is 2.49. The van der Waals surface area contributed by atoms with Gasteiger partial charge in [-0.3, -0.25) is 0 Å². The minimum atomic E-state index is 0.610. The molecular formula is C12H18N2O. The van der Waals surface area contributed by atoms with Crippen molar-refractivity contribution in [2.75, 3.05) is 13.1 Å². The largest absolute Gasteiger partial charge is 0.448 e. The van der Waals surface area contributed by atoms with Gasteiger partial charge in [0.25, 0.3) is 0 Å². The van der Waals surface area contributed by atoms with Crippen molar-refractivity contribution in [1.82, 2.24) is 10.3 Å². The van der Waals surface area contributed by atoms with Crippen molar-refractivity contribution < 1.29 is 4.42 Å². The molecule has 2 fully saturated rings. The van der Waals surface area contributed by atoms with Gasteiger partial charge in [-0.25, -0.2) is 4.98 Å². The fourth-order valence-corrected chi connectivity index (χ4v) is 2.57. The van der Waals surface area contributed by atoms with Crippen LogP contribution in [0.2, 0.25) is 0 Å². The van der Waals surface area contributed by atoms with Crippen molar-refractivity contribution in [1.29, 1.82) is 0 Å². The SMILES string of the molecule is c1oc(C2CCCC2)nc1CC1CNC1. The van der Waals surface area contributed by atoms with Crippen LogP contribution in [0, 0.1) is 5.92 Å². The molecule has 2 aliphatic rings. The van der Waals surface area contributed by atoms with E-state index in [4.69, 9.17) is 4.42 Å². The van der Waals surface area contributed by atoms with Crippen LogP contribution in [-0.4, -0.2) is 18.1 Å². The minimum absolute atomic E-state index is 0.610. The Bertz CT molecular complexity index is 324. The molecule has 0 radical (unpaired) electrons. The Hall–Kier alpha value is -0.830. The van der Waals surface area contributed by atoms with E-state index in [0.29, 0.717) is 5.92 Å². The van der Waals surface area contributed by atoms with E-state index in [1.54, 1.807) is 0 Å². The fraction of sp³-hybridized carbons (Fsp3) is 0.750. The van der Waals surface area contributed by atoms with E-state index in [-0.39, 0.29) is 0 Å². The molecule has 2 heterocycles. The molecular weight excluding hydrogens is 188 g/mol. The molecule has 1 saturated carbocycles. The smallest absolute Gasteiger partial charge is 0.197 e. The molecule has 0 unspecified atom stereocenters. The van der Waals surface area contributed by atoms with Crippen LogP contribution in [0.1, 0.15) is 43.2 Å². The van der Waals surface area contributed by atoms with E-state index in [9.17, 15) is 0 Å². The second-order valence-electron chi connectivity index (χ2n) is 4.89. The average molecular weight is 206 g/mol. The first-order valence-corrected chi connectivity index (χ1v) is 6.07. The maximum Gasteiger partial charge on any atom is 0.197 e. The maximum absolute atomic E-state index is 5.59. The predicted molar refractivity (Wildman–Crippen MR) is 57.8 cm³/mol. The summed E-state index contributed by atoms with van der Waals surface area (Å²) in [6, 6.07) is 0. The molecule has 82 valence electrons. The molecule has 0 amide bonds. The first-order valence-electron chi connectivity index (χ1n) is 6.07. The number of nitrogens with one attached hydrogen (secondary N) is 1. The van der Waals surface area contributed by atoms with Gasteiger partial charge in [0.1, 0.15) is 6.26 Å². The minimum Gasteiger partial charge on any atom is -0.448 e. The molecule has 3 rings (SSSR count). The Balaban J connectivity index is 1.64. The number of hydrogen-bond acceptors (Lipinski definition) is 3. The zero-order valence-corrected chi connectivity index (χ0v) is 9.04. The predicted octanol–water partition coefficient (Wildman–Crippen LogP) is 2.09. The van der Waals surface area contributed by atoms with Gasteiger partial charge >= 0.3 is 0 Å². The van der Waals surface area contributed by atoms with E-state index >= 15 is 0 Å². The summed E-state index contributed by atoms with van der Waals surface area (Å²) in [6.07, 6.45) is 8.18. The fourth-order valence-electron chi connectivity index (χ4n) is 2.57. The topological polar surface area (TPSA) is 38.1 Å². The molecule has 1 saturated heterocycles. The molecule has 1 aromatic heterocycles. The van der Waals surface area contributed by atoms with Crippen LogP contribution in [0.15, 0.2) is 10.7 Å². The first kappa shape index (κ1) is 9.40. The quantitative estimate of drug-likeness (QED) is 0.823. The summed E-state index contributed by atoms with van der Waals surface area (Å²) in [5, 5.41) is 3.28. The molecule has 3 heteroatoms. The molecule has 0 aromatic carbocycles. The number of oxazole rings is 1. The normalized spacial score (nSPS) is 23.2. The van der Waals surface area contributed by atoms with E-state index in [1.165, 1.54) is 25.7 Å². The van der Waals surface area contributed by atoms with Crippen molar-refractivity contribution in [3.8, 4) is 0 Å². The van der Waals surface area contributed by atoms with E-state index in [0.717, 1.165) is 37.0 Å². The van der Waals surface area contributed by atoms with E-state index < -0.39 is 0 Å². The second-order valence-corrected chi connectivity index (χ2v) is 4.89. The first-order chi connectivity index (χ1) is 7.42. The van der Waals surface area contributed by atoms with Gasteiger partial charge in [-0.2, -0.15) is 0 Å². The lowest BCUT2D eigenvalue weighted by Gasteiger charge is -2.25. The third-order valence-corrected chi connectivity index (χ3v) is 3.64. The molecule has 0 spiro atoms. The van der Waals surface area contributed by atoms with E-state index in [1.807, 2.05) is 6.26 Å². The van der Waals surface area contributed by atoms with E-state index in [2.05, 4.69) is 10.3 Å². The molecule has 15 heavy (non-hydrogen) atoms. The van der Waals surface area contributed by atoms with Crippen molar-refractivity contribution in [2.24, 2.45) is 5.92 Å². The van der Waals surface area contributed by atoms with Gasteiger partial charge in [-0.05, 0) is 38.3 Å². The van der Waals surface area contributed by atoms with Gasteiger partial charge in [0.05, 0.1) is 5.69 Å². The third-order valence-electron chi connectivity index (χ3n) is 3.64. The molecule has 0 bridgehead atoms. The highest BCUT2D eigenvalue weighted by molar-refractivity contribution is 5.04. The lowest BCUT2D eigenvalue weighted by molar-refractivity contribution is 0.344. The van der Waals surface area contributed by atoms with Gasteiger partial charge in [0.2, 0.25) is 0 Å². The Morgan fingerprint density at radius 1 is 1.33 bits per heavy atom. The Morgan fingerprint density at radius 2 is 2.13 bits per heavy atom. The van der Waals surface area contributed by atoms with Crippen LogP contribution in [0.25, 0.3) is 0 Å². The van der Waals surface area contributed by atoms with Crippen molar-refractivity contribution in [3.05, 3.63) is 17.8 Å². The van der Waals surface area contributed by atoms with Crippen LogP contribution in [0.5, 0.6) is 0 Å². The van der Waals surface area contributed by atoms with Gasteiger partial charge < -0.3 is 9.73 Å². The number of aromatic nitrogens is 1. The lowest BCUT2D eigenvalue weighted by Crippen LogP contribution is -2.43. The standard InChI is InChI=1S/C12H18N2O/c1-2-4-10(3-1)12-14-11(8-15-12)5-9-6-13-7-9/h8-10,13H,1-7H2. The van der Waals surface area contributed by atoms with Crippen LogP contribution in [0.3, 0.4) is 0 Å². The summed E-state index contributed by atoms with van der Waals surface area (Å²) < 4.78 is 5.59. The zero-order valence-electron chi connectivity index (χ0n) is 9.04. The number of rotatable bonds is 3. The highest BCUT2D eigenvalue weighted by Crippen LogP contribution is 2.33. The highest BCUT2D eigenvalue weighted by Gasteiger charge is 2.23. The Morgan fingerprint density at radius 3 is 2.80 bits per heavy atom. The molecule has 3 nitrogen and oxygen atoms in total. The van der Waals surface area contributed by atoms with Crippen molar-refractivity contribution in [3.63, 3.8) is 0 Å². The summed E-state index contributed by atoms with van der Waals surface area (Å²) in [6.45, 7) is 2.29. The average Bonchev–Trinajstić information content (AvgIpc) is 2.82.